The van der Waals surface area contributed by atoms with Gasteiger partial charge in [0.1, 0.15) is 11.7 Å². The van der Waals surface area contributed by atoms with Crippen LogP contribution in [0.1, 0.15) is 32.3 Å². The van der Waals surface area contributed by atoms with Crippen molar-refractivity contribution in [3.63, 3.8) is 0 Å². The molecule has 0 aromatic heterocycles. The summed E-state index contributed by atoms with van der Waals surface area (Å²) in [5.41, 5.74) is 0.311. The second kappa shape index (κ2) is 7.25. The molecule has 0 heterocycles. The zero-order valence-corrected chi connectivity index (χ0v) is 11.5. The molecule has 1 amide bonds. The largest absolute Gasteiger partial charge is 0.325 e. The van der Waals surface area contributed by atoms with E-state index in [2.05, 4.69) is 5.32 Å². The van der Waals surface area contributed by atoms with Crippen molar-refractivity contribution in [2.45, 2.75) is 26.7 Å². The Labute approximate surface area is 117 Å². The molecular formula is C15H16FN3O. The topological polar surface area (TPSA) is 76.7 Å². The maximum absolute atomic E-state index is 13.3. The van der Waals surface area contributed by atoms with Crippen molar-refractivity contribution in [1.29, 1.82) is 10.5 Å². The molecule has 1 rings (SSSR count). The zero-order valence-electron chi connectivity index (χ0n) is 11.5. The molecule has 0 radical (unpaired) electrons. The van der Waals surface area contributed by atoms with Gasteiger partial charge >= 0.3 is 0 Å². The summed E-state index contributed by atoms with van der Waals surface area (Å²) in [5.74, 6) is -1.94. The van der Waals surface area contributed by atoms with Gasteiger partial charge in [-0.15, -0.1) is 0 Å². The lowest BCUT2D eigenvalue weighted by Gasteiger charge is -2.16. The fraction of sp³-hybridized carbons (Fsp3) is 0.400. The van der Waals surface area contributed by atoms with Gasteiger partial charge in [-0.25, -0.2) is 4.39 Å². The quantitative estimate of drug-likeness (QED) is 0.894. The Morgan fingerprint density at radius 1 is 1.40 bits per heavy atom. The number of anilines is 1. The van der Waals surface area contributed by atoms with Gasteiger partial charge in [-0.05, 0) is 30.5 Å². The van der Waals surface area contributed by atoms with E-state index >= 15 is 0 Å². The van der Waals surface area contributed by atoms with E-state index in [9.17, 15) is 9.18 Å². The minimum Gasteiger partial charge on any atom is -0.325 e. The van der Waals surface area contributed by atoms with Crippen LogP contribution in [0.4, 0.5) is 10.1 Å². The van der Waals surface area contributed by atoms with Gasteiger partial charge in [0.05, 0.1) is 17.7 Å². The zero-order chi connectivity index (χ0) is 15.1. The number of halogens is 1. The molecule has 1 aromatic rings. The first-order valence-electron chi connectivity index (χ1n) is 6.43. The van der Waals surface area contributed by atoms with E-state index in [0.717, 1.165) is 25.0 Å². The molecule has 2 unspecified atom stereocenters. The Bertz CT molecular complexity index is 571. The Morgan fingerprint density at radius 3 is 2.65 bits per heavy atom. The summed E-state index contributed by atoms with van der Waals surface area (Å²) in [6.07, 6.45) is 1.64. The molecule has 0 saturated carbocycles. The molecule has 0 fully saturated rings. The molecule has 5 heteroatoms. The Morgan fingerprint density at radius 2 is 2.10 bits per heavy atom. The van der Waals surface area contributed by atoms with Crippen molar-refractivity contribution in [3.05, 3.63) is 29.6 Å². The van der Waals surface area contributed by atoms with Gasteiger partial charge in [-0.3, -0.25) is 4.79 Å². The van der Waals surface area contributed by atoms with Crippen LogP contribution >= 0.6 is 0 Å². The smallest absolute Gasteiger partial charge is 0.242 e. The molecular weight excluding hydrogens is 257 g/mol. The van der Waals surface area contributed by atoms with Crippen LogP contribution < -0.4 is 5.32 Å². The van der Waals surface area contributed by atoms with Gasteiger partial charge in [0, 0.05) is 5.69 Å². The monoisotopic (exact) mass is 273 g/mol. The van der Waals surface area contributed by atoms with Crippen LogP contribution in [0.15, 0.2) is 18.2 Å². The summed E-state index contributed by atoms with van der Waals surface area (Å²) in [4.78, 5) is 12.0. The number of carbonyl (C=O) groups is 1. The van der Waals surface area contributed by atoms with Crippen molar-refractivity contribution in [1.82, 2.24) is 0 Å². The van der Waals surface area contributed by atoms with Crippen molar-refractivity contribution in [2.75, 3.05) is 5.32 Å². The Kier molecular flexibility index (Phi) is 5.68. The Balaban J connectivity index is 2.87. The molecule has 2 atom stereocenters. The van der Waals surface area contributed by atoms with E-state index < -0.39 is 17.6 Å². The molecule has 0 saturated heterocycles. The van der Waals surface area contributed by atoms with Gasteiger partial charge in [0.15, 0.2) is 0 Å². The lowest BCUT2D eigenvalue weighted by atomic mass is 9.90. The van der Waals surface area contributed by atoms with Gasteiger partial charge in [0.2, 0.25) is 5.91 Å². The molecule has 0 aliphatic carbocycles. The minimum atomic E-state index is -0.788. The number of nitriles is 2. The van der Waals surface area contributed by atoms with Crippen LogP contribution in [-0.2, 0) is 4.79 Å². The average Bonchev–Trinajstić information content (AvgIpc) is 2.39. The van der Waals surface area contributed by atoms with E-state index in [1.807, 2.05) is 26.0 Å². The lowest BCUT2D eigenvalue weighted by molar-refractivity contribution is -0.119. The van der Waals surface area contributed by atoms with Crippen molar-refractivity contribution >= 4 is 11.6 Å². The van der Waals surface area contributed by atoms with Crippen molar-refractivity contribution < 1.29 is 9.18 Å². The summed E-state index contributed by atoms with van der Waals surface area (Å²) in [7, 11) is 0. The molecule has 104 valence electrons. The highest BCUT2D eigenvalue weighted by Gasteiger charge is 2.24. The first kappa shape index (κ1) is 15.7. The highest BCUT2D eigenvalue weighted by atomic mass is 19.1. The third-order valence-corrected chi connectivity index (χ3v) is 3.03. The van der Waals surface area contributed by atoms with Crippen molar-refractivity contribution in [2.24, 2.45) is 11.8 Å². The van der Waals surface area contributed by atoms with Crippen LogP contribution in [-0.4, -0.2) is 5.91 Å². The third-order valence-electron chi connectivity index (χ3n) is 3.03. The van der Waals surface area contributed by atoms with Gasteiger partial charge in [-0.1, -0.05) is 20.3 Å². The van der Waals surface area contributed by atoms with E-state index in [4.69, 9.17) is 10.5 Å². The molecule has 0 spiro atoms. The summed E-state index contributed by atoms with van der Waals surface area (Å²) < 4.78 is 13.3. The minimum absolute atomic E-state index is 0.0750. The Hall–Kier alpha value is -2.40. The number of nitrogens with zero attached hydrogens (tertiary/aromatic N) is 2. The first-order valence-corrected chi connectivity index (χ1v) is 6.43. The van der Waals surface area contributed by atoms with Crippen molar-refractivity contribution in [3.8, 4) is 12.1 Å². The first-order chi connectivity index (χ1) is 9.51. The second-order valence-corrected chi connectivity index (χ2v) is 4.70. The van der Waals surface area contributed by atoms with Crippen LogP contribution in [0.2, 0.25) is 0 Å². The fourth-order valence-corrected chi connectivity index (χ4v) is 2.01. The number of amides is 1. The number of carbonyl (C=O) groups excluding carboxylic acids is 1. The standard InChI is InChI=1S/C15H16FN3O/c1-3-4-10(2)14(9-18)15(20)19-13-6-11(8-17)5-12(16)7-13/h5-7,10,14H,3-4H2,1-2H3,(H,19,20). The number of nitrogens with one attached hydrogen (secondary N) is 1. The lowest BCUT2D eigenvalue weighted by Crippen LogP contribution is -2.27. The summed E-state index contributed by atoms with van der Waals surface area (Å²) in [6, 6.07) is 7.37. The number of benzene rings is 1. The van der Waals surface area contributed by atoms with E-state index in [-0.39, 0.29) is 17.2 Å². The highest BCUT2D eigenvalue weighted by molar-refractivity contribution is 5.94. The number of hydrogen-bond donors (Lipinski definition) is 1. The highest BCUT2D eigenvalue weighted by Crippen LogP contribution is 2.20. The number of rotatable bonds is 5. The second-order valence-electron chi connectivity index (χ2n) is 4.70. The predicted octanol–water partition coefficient (Wildman–Crippen LogP) is 3.21. The molecule has 0 aliphatic heterocycles. The molecule has 1 aromatic carbocycles. The van der Waals surface area contributed by atoms with Gasteiger partial charge in [-0.2, -0.15) is 10.5 Å². The van der Waals surface area contributed by atoms with Crippen LogP contribution in [0.5, 0.6) is 0 Å². The van der Waals surface area contributed by atoms with Crippen LogP contribution in [0.25, 0.3) is 0 Å². The molecule has 1 N–H and O–H groups in total. The molecule has 20 heavy (non-hydrogen) atoms. The average molecular weight is 273 g/mol. The molecule has 4 nitrogen and oxygen atoms in total. The summed E-state index contributed by atoms with van der Waals surface area (Å²) in [5, 5.41) is 20.3. The maximum Gasteiger partial charge on any atom is 0.242 e. The van der Waals surface area contributed by atoms with E-state index in [1.54, 1.807) is 0 Å². The van der Waals surface area contributed by atoms with Crippen LogP contribution in [0, 0.1) is 40.3 Å². The van der Waals surface area contributed by atoms with E-state index in [0.29, 0.717) is 0 Å². The normalized spacial score (nSPS) is 12.8. The molecule has 0 aliphatic rings. The fourth-order valence-electron chi connectivity index (χ4n) is 2.01. The summed E-state index contributed by atoms with van der Waals surface area (Å²) >= 11 is 0. The predicted molar refractivity (Wildman–Crippen MR) is 72.9 cm³/mol. The summed E-state index contributed by atoms with van der Waals surface area (Å²) in [6.45, 7) is 3.82. The third kappa shape index (κ3) is 4.07. The van der Waals surface area contributed by atoms with Crippen LogP contribution in [0.3, 0.4) is 0 Å². The molecule has 0 bridgehead atoms. The SMILES string of the molecule is CCCC(C)C(C#N)C(=O)Nc1cc(F)cc(C#N)c1. The van der Waals surface area contributed by atoms with E-state index in [1.165, 1.54) is 6.07 Å². The van der Waals surface area contributed by atoms with Gasteiger partial charge < -0.3 is 5.32 Å². The maximum atomic E-state index is 13.3. The number of hydrogen-bond acceptors (Lipinski definition) is 3. The van der Waals surface area contributed by atoms with Gasteiger partial charge in [0.25, 0.3) is 0 Å².